The summed E-state index contributed by atoms with van der Waals surface area (Å²) in [5.74, 6) is 0.969. The van der Waals surface area contributed by atoms with E-state index in [4.69, 9.17) is 4.74 Å². The molecule has 0 saturated carbocycles. The van der Waals surface area contributed by atoms with Gasteiger partial charge in [-0.2, -0.15) is 10.1 Å². The molecule has 4 rings (SSSR count). The fourth-order valence-corrected chi connectivity index (χ4v) is 3.59. The van der Waals surface area contributed by atoms with Crippen molar-refractivity contribution < 1.29 is 9.53 Å². The first-order valence-electron chi connectivity index (χ1n) is 9.58. The lowest BCUT2D eigenvalue weighted by molar-refractivity contribution is -0.113. The number of nitrogens with zero attached hydrogens (tertiary/aromatic N) is 4. The molecule has 1 amide bonds. The van der Waals surface area contributed by atoms with Crippen LogP contribution in [0.25, 0.3) is 0 Å². The highest BCUT2D eigenvalue weighted by atomic mass is 16.5. The average Bonchev–Trinajstić information content (AvgIpc) is 3.21. The van der Waals surface area contributed by atoms with Crippen LogP contribution in [0.2, 0.25) is 0 Å². The maximum Gasteiger partial charge on any atom is 0.255 e. The molecule has 2 heterocycles. The number of anilines is 3. The number of rotatable bonds is 5. The van der Waals surface area contributed by atoms with Crippen LogP contribution in [0.4, 0.5) is 17.3 Å². The minimum atomic E-state index is -0.408. The van der Waals surface area contributed by atoms with Crippen molar-refractivity contribution in [2.45, 2.75) is 13.0 Å². The number of hydrogen-bond donors (Lipinski definition) is 2. The quantitative estimate of drug-likeness (QED) is 0.679. The van der Waals surface area contributed by atoms with Crippen LogP contribution in [0.1, 0.15) is 18.5 Å². The molecule has 1 aliphatic rings. The molecule has 0 fully saturated rings. The van der Waals surface area contributed by atoms with Crippen molar-refractivity contribution in [3.8, 4) is 5.75 Å². The topological polar surface area (TPSA) is 84.3 Å². The van der Waals surface area contributed by atoms with Gasteiger partial charge in [0.05, 0.1) is 18.4 Å². The van der Waals surface area contributed by atoms with Crippen LogP contribution in [-0.4, -0.2) is 41.9 Å². The molecule has 8 nitrogen and oxygen atoms in total. The van der Waals surface area contributed by atoms with Gasteiger partial charge in [0.2, 0.25) is 5.95 Å². The van der Waals surface area contributed by atoms with Gasteiger partial charge >= 0.3 is 0 Å². The monoisotopic (exact) mass is 404 g/mol. The maximum absolute atomic E-state index is 13.4. The van der Waals surface area contributed by atoms with Crippen LogP contribution < -0.4 is 20.3 Å². The van der Waals surface area contributed by atoms with Crippen LogP contribution in [0.15, 0.2) is 66.1 Å². The van der Waals surface area contributed by atoms with E-state index in [1.165, 1.54) is 6.33 Å². The van der Waals surface area contributed by atoms with Crippen molar-refractivity contribution in [2.24, 2.45) is 0 Å². The molecule has 1 aliphatic heterocycles. The number of para-hydroxylation sites is 2. The summed E-state index contributed by atoms with van der Waals surface area (Å²) in [5, 5.41) is 10.5. The molecule has 30 heavy (non-hydrogen) atoms. The molecule has 1 aromatic heterocycles. The van der Waals surface area contributed by atoms with E-state index in [1.54, 1.807) is 11.8 Å². The summed E-state index contributed by atoms with van der Waals surface area (Å²) >= 11 is 0. The molecule has 0 spiro atoms. The minimum Gasteiger partial charge on any atom is -0.495 e. The van der Waals surface area contributed by atoms with Gasteiger partial charge < -0.3 is 20.3 Å². The number of nitrogens with one attached hydrogen (secondary N) is 2. The van der Waals surface area contributed by atoms with Crippen LogP contribution in [0.3, 0.4) is 0 Å². The second-order valence-corrected chi connectivity index (χ2v) is 7.23. The molecule has 8 heteroatoms. The smallest absolute Gasteiger partial charge is 0.255 e. The van der Waals surface area contributed by atoms with Gasteiger partial charge in [-0.3, -0.25) is 4.79 Å². The standard InChI is InChI=1S/C22H24N6O2/c1-14-19(21(29)26-17-7-5-6-8-18(17)30-4)20(28-22(25-14)23-13-24-28)15-9-11-16(12-10-15)27(2)3/h5-13,20H,1-4H3,(H,26,29)(H,23,24,25)/t20-/m0/s1. The zero-order valence-corrected chi connectivity index (χ0v) is 17.4. The summed E-state index contributed by atoms with van der Waals surface area (Å²) < 4.78 is 7.10. The third-order valence-corrected chi connectivity index (χ3v) is 5.12. The van der Waals surface area contributed by atoms with E-state index in [0.29, 0.717) is 23.0 Å². The van der Waals surface area contributed by atoms with Crippen molar-refractivity contribution in [2.75, 3.05) is 36.7 Å². The van der Waals surface area contributed by atoms with E-state index >= 15 is 0 Å². The van der Waals surface area contributed by atoms with Crippen LogP contribution in [-0.2, 0) is 4.79 Å². The number of allylic oxidation sites excluding steroid dienone is 1. The SMILES string of the molecule is COc1ccccc1NC(=O)C1=C(C)Nc2ncnn2[C@H]1c1ccc(N(C)C)cc1. The number of benzene rings is 2. The van der Waals surface area contributed by atoms with Crippen molar-refractivity contribution in [3.63, 3.8) is 0 Å². The third kappa shape index (κ3) is 3.47. The summed E-state index contributed by atoms with van der Waals surface area (Å²) in [6.07, 6.45) is 1.48. The van der Waals surface area contributed by atoms with E-state index in [9.17, 15) is 4.79 Å². The molecule has 1 atom stereocenters. The molecule has 0 saturated heterocycles. The summed E-state index contributed by atoms with van der Waals surface area (Å²) in [5.41, 5.74) is 3.92. The molecule has 0 unspecified atom stereocenters. The van der Waals surface area contributed by atoms with E-state index in [0.717, 1.165) is 16.9 Å². The highest BCUT2D eigenvalue weighted by Gasteiger charge is 2.33. The molecule has 2 aromatic carbocycles. The second-order valence-electron chi connectivity index (χ2n) is 7.23. The van der Waals surface area contributed by atoms with Crippen molar-refractivity contribution >= 4 is 23.2 Å². The second kappa shape index (κ2) is 7.90. The normalized spacial score (nSPS) is 15.3. The van der Waals surface area contributed by atoms with E-state index < -0.39 is 6.04 Å². The Morgan fingerprint density at radius 3 is 2.60 bits per heavy atom. The number of fused-ring (bicyclic) bond motifs is 1. The summed E-state index contributed by atoms with van der Waals surface area (Å²) in [6.45, 7) is 1.87. The third-order valence-electron chi connectivity index (χ3n) is 5.12. The van der Waals surface area contributed by atoms with Crippen molar-refractivity contribution in [1.29, 1.82) is 0 Å². The van der Waals surface area contributed by atoms with E-state index in [1.807, 2.05) is 74.4 Å². The van der Waals surface area contributed by atoms with Crippen LogP contribution >= 0.6 is 0 Å². The lowest BCUT2D eigenvalue weighted by Gasteiger charge is -2.29. The molecule has 2 N–H and O–H groups in total. The lowest BCUT2D eigenvalue weighted by Crippen LogP contribution is -2.31. The van der Waals surface area contributed by atoms with Crippen LogP contribution in [0, 0.1) is 0 Å². The first-order valence-corrected chi connectivity index (χ1v) is 9.58. The molecule has 0 bridgehead atoms. The Kier molecular flexibility index (Phi) is 5.14. The fraction of sp³-hybridized carbons (Fsp3) is 0.227. The number of methoxy groups -OCH3 is 1. The summed E-state index contributed by atoms with van der Waals surface area (Å²) in [6, 6.07) is 15.0. The Balaban J connectivity index is 1.75. The van der Waals surface area contributed by atoms with Crippen molar-refractivity contribution in [1.82, 2.24) is 14.8 Å². The van der Waals surface area contributed by atoms with Gasteiger partial charge in [0.1, 0.15) is 18.1 Å². The minimum absolute atomic E-state index is 0.229. The number of aromatic nitrogens is 3. The Hall–Kier alpha value is -3.81. The largest absolute Gasteiger partial charge is 0.495 e. The highest BCUT2D eigenvalue weighted by molar-refractivity contribution is 6.06. The van der Waals surface area contributed by atoms with E-state index in [2.05, 4.69) is 20.7 Å². The fourth-order valence-electron chi connectivity index (χ4n) is 3.59. The van der Waals surface area contributed by atoms with Gasteiger partial charge in [0.15, 0.2) is 0 Å². The Bertz CT molecular complexity index is 1100. The summed E-state index contributed by atoms with van der Waals surface area (Å²) in [4.78, 5) is 19.7. The van der Waals surface area contributed by atoms with Crippen molar-refractivity contribution in [3.05, 3.63) is 71.7 Å². The van der Waals surface area contributed by atoms with Gasteiger partial charge in [-0.1, -0.05) is 24.3 Å². The predicted molar refractivity (Wildman–Crippen MR) is 117 cm³/mol. The van der Waals surface area contributed by atoms with Crippen LogP contribution in [0.5, 0.6) is 5.75 Å². The lowest BCUT2D eigenvalue weighted by atomic mass is 9.94. The number of hydrogen-bond acceptors (Lipinski definition) is 6. The van der Waals surface area contributed by atoms with Gasteiger partial charge in [0, 0.05) is 25.5 Å². The predicted octanol–water partition coefficient (Wildman–Crippen LogP) is 3.28. The van der Waals surface area contributed by atoms with Gasteiger partial charge in [-0.05, 0) is 36.8 Å². The Morgan fingerprint density at radius 1 is 1.17 bits per heavy atom. The number of carbonyl (C=O) groups is 1. The van der Waals surface area contributed by atoms with E-state index in [-0.39, 0.29) is 5.91 Å². The zero-order chi connectivity index (χ0) is 21.3. The first kappa shape index (κ1) is 19.5. The molecule has 154 valence electrons. The van der Waals surface area contributed by atoms with Gasteiger partial charge in [-0.25, -0.2) is 4.68 Å². The Morgan fingerprint density at radius 2 is 1.90 bits per heavy atom. The van der Waals surface area contributed by atoms with Gasteiger partial charge in [-0.15, -0.1) is 0 Å². The molecular formula is C22H24N6O2. The molecular weight excluding hydrogens is 380 g/mol. The number of carbonyl (C=O) groups excluding carboxylic acids is 1. The number of ether oxygens (including phenoxy) is 1. The number of amides is 1. The average molecular weight is 404 g/mol. The molecule has 3 aromatic rings. The summed E-state index contributed by atoms with van der Waals surface area (Å²) in [7, 11) is 5.56. The zero-order valence-electron chi connectivity index (χ0n) is 17.4. The highest BCUT2D eigenvalue weighted by Crippen LogP contribution is 2.36. The molecule has 0 radical (unpaired) electrons. The maximum atomic E-state index is 13.4. The van der Waals surface area contributed by atoms with Gasteiger partial charge in [0.25, 0.3) is 5.91 Å². The Labute approximate surface area is 175 Å². The first-order chi connectivity index (χ1) is 14.5. The molecule has 0 aliphatic carbocycles.